The summed E-state index contributed by atoms with van der Waals surface area (Å²) in [6.07, 6.45) is -19.0. The van der Waals surface area contributed by atoms with E-state index in [2.05, 4.69) is 0 Å². The lowest BCUT2D eigenvalue weighted by Gasteiger charge is -2.12. The van der Waals surface area contributed by atoms with Crippen LogP contribution < -0.4 is 0 Å². The van der Waals surface area contributed by atoms with E-state index in [0.717, 1.165) is 48.5 Å². The predicted molar refractivity (Wildman–Crippen MR) is 215 cm³/mol. The monoisotopic (exact) mass is 888 g/mol. The van der Waals surface area contributed by atoms with Crippen molar-refractivity contribution in [1.29, 1.82) is 0 Å². The van der Waals surface area contributed by atoms with Gasteiger partial charge in [0.25, 0.3) is 0 Å². The highest BCUT2D eigenvalue weighted by atomic mass is 19.4. The third-order valence-corrected chi connectivity index (χ3v) is 11.0. The maximum Gasteiger partial charge on any atom is 0.416 e. The van der Waals surface area contributed by atoms with Crippen molar-refractivity contribution in [3.05, 3.63) is 190 Å². The highest BCUT2D eigenvalue weighted by molar-refractivity contribution is 6.13. The summed E-state index contributed by atoms with van der Waals surface area (Å²) in [5.74, 6) is -1.05. The van der Waals surface area contributed by atoms with Crippen LogP contribution in [0.5, 0.6) is 0 Å². The maximum absolute atomic E-state index is 13.7. The van der Waals surface area contributed by atoms with Gasteiger partial charge < -0.3 is 9.13 Å². The van der Waals surface area contributed by atoms with Gasteiger partial charge in [0.2, 0.25) is 0 Å². The molecule has 0 atom stereocenters. The van der Waals surface area contributed by atoms with E-state index in [1.54, 1.807) is 0 Å². The van der Waals surface area contributed by atoms with Crippen molar-refractivity contribution >= 4 is 55.2 Å². The second kappa shape index (κ2) is 14.6. The molecule has 0 aliphatic rings. The number of fused-ring (bicyclic) bond motifs is 6. The van der Waals surface area contributed by atoms with Crippen molar-refractivity contribution in [2.24, 2.45) is 0 Å². The number of benzene rings is 7. The van der Waals surface area contributed by atoms with E-state index in [1.165, 1.54) is 106 Å². The number of halogens is 12. The minimum Gasteiger partial charge on any atom is -0.309 e. The zero-order chi connectivity index (χ0) is 45.7. The lowest BCUT2D eigenvalue weighted by atomic mass is 9.98. The zero-order valence-electron chi connectivity index (χ0n) is 32.1. The van der Waals surface area contributed by atoms with Crippen molar-refractivity contribution in [2.75, 3.05) is 0 Å². The Morgan fingerprint density at radius 1 is 0.297 bits per heavy atom. The fourth-order valence-electron chi connectivity index (χ4n) is 7.93. The molecule has 0 unspecified atom stereocenters. The summed E-state index contributed by atoms with van der Waals surface area (Å²) in [6, 6.07) is 28.0. The average Bonchev–Trinajstić information content (AvgIpc) is 3.76. The van der Waals surface area contributed by atoms with E-state index in [0.29, 0.717) is 0 Å². The summed E-state index contributed by atoms with van der Waals surface area (Å²) in [6.45, 7) is 0. The molecular formula is C48H24F12N2O2. The van der Waals surface area contributed by atoms with E-state index < -0.39 is 58.5 Å². The quantitative estimate of drug-likeness (QED) is 0.123. The Labute approximate surface area is 352 Å². The molecule has 16 heteroatoms. The van der Waals surface area contributed by atoms with Crippen molar-refractivity contribution in [1.82, 2.24) is 9.13 Å². The van der Waals surface area contributed by atoms with E-state index in [9.17, 15) is 62.3 Å². The van der Waals surface area contributed by atoms with Crippen LogP contribution in [0.1, 0.15) is 54.1 Å². The first-order valence-corrected chi connectivity index (χ1v) is 18.9. The topological polar surface area (TPSA) is 44.0 Å². The van der Waals surface area contributed by atoms with Gasteiger partial charge in [-0.05, 0) is 97.1 Å². The number of carbonyl (C=O) groups is 2. The van der Waals surface area contributed by atoms with Gasteiger partial charge in [-0.2, -0.15) is 52.7 Å². The molecule has 0 fully saturated rings. The Bertz CT molecular complexity index is 2970. The minimum absolute atomic E-state index is 0.0103. The first kappa shape index (κ1) is 42.0. The number of hydrogen-bond donors (Lipinski definition) is 0. The van der Waals surface area contributed by atoms with Crippen molar-refractivity contribution in [2.45, 2.75) is 24.7 Å². The Hall–Kier alpha value is -7.36. The van der Waals surface area contributed by atoms with Gasteiger partial charge in [0.15, 0.2) is 11.6 Å². The number of carbonyl (C=O) groups excluding carboxylic acids is 2. The SMILES string of the molecule is O=C(c1ccc(C(=O)c2ccc(-n3c4cc(C(F)(F)F)ccc4c4ccc(C(F)(F)F)cc43)cc2)cc1)c1ccc(-n2c3cc(C(F)(F)F)ccc3c3ccc(C(F)(F)F)cc32)cc1. The molecule has 0 bridgehead atoms. The molecule has 7 aromatic carbocycles. The molecule has 2 heterocycles. The molecule has 322 valence electrons. The predicted octanol–water partition coefficient (Wildman–Crippen LogP) is 14.4. The number of nitrogens with zero attached hydrogens (tertiary/aromatic N) is 2. The van der Waals surface area contributed by atoms with Gasteiger partial charge in [-0.15, -0.1) is 0 Å². The van der Waals surface area contributed by atoms with Gasteiger partial charge in [-0.1, -0.05) is 48.5 Å². The van der Waals surface area contributed by atoms with Gasteiger partial charge >= 0.3 is 24.7 Å². The molecule has 9 aromatic rings. The summed E-state index contributed by atoms with van der Waals surface area (Å²) < 4.78 is 167. The van der Waals surface area contributed by atoms with Gasteiger partial charge in [0, 0.05) is 55.2 Å². The minimum atomic E-state index is -4.74. The average molecular weight is 889 g/mol. The van der Waals surface area contributed by atoms with Crippen LogP contribution in [0.3, 0.4) is 0 Å². The van der Waals surface area contributed by atoms with Gasteiger partial charge in [-0.3, -0.25) is 9.59 Å². The maximum atomic E-state index is 13.7. The van der Waals surface area contributed by atoms with Crippen LogP contribution in [0, 0.1) is 0 Å². The number of alkyl halides is 12. The van der Waals surface area contributed by atoms with E-state index in [-0.39, 0.29) is 77.2 Å². The first-order valence-electron chi connectivity index (χ1n) is 18.9. The number of ketones is 2. The van der Waals surface area contributed by atoms with Crippen molar-refractivity contribution in [3.63, 3.8) is 0 Å². The number of aromatic nitrogens is 2. The van der Waals surface area contributed by atoms with Crippen LogP contribution in [0.25, 0.3) is 55.0 Å². The Balaban J connectivity index is 1.000. The summed E-state index contributed by atoms with van der Waals surface area (Å²) in [7, 11) is 0. The summed E-state index contributed by atoms with van der Waals surface area (Å²) >= 11 is 0. The molecule has 4 nitrogen and oxygen atoms in total. The Kier molecular flexibility index (Phi) is 9.58. The van der Waals surface area contributed by atoms with Crippen LogP contribution in [0.2, 0.25) is 0 Å². The number of rotatable bonds is 6. The molecular weight excluding hydrogens is 865 g/mol. The Morgan fingerprint density at radius 2 is 0.500 bits per heavy atom. The standard InChI is InChI=1S/C48H24F12N2O2/c49-45(50,51)29-9-17-35-36-18-10-30(46(52,53)54)22-40(36)61(39(35)21-29)33-13-5-27(6-14-33)43(63)25-1-2-26(4-3-25)44(64)28-7-15-34(16-8-28)62-41-23-31(47(55,56)57)11-19-37(41)38-20-12-32(24-42(38)62)48(58,59)60/h1-24H. The smallest absolute Gasteiger partial charge is 0.309 e. The molecule has 0 amide bonds. The van der Waals surface area contributed by atoms with Gasteiger partial charge in [-0.25, -0.2) is 0 Å². The van der Waals surface area contributed by atoms with Crippen LogP contribution in [-0.4, -0.2) is 20.7 Å². The molecule has 0 aliphatic heterocycles. The molecule has 64 heavy (non-hydrogen) atoms. The lowest BCUT2D eigenvalue weighted by molar-refractivity contribution is -0.138. The summed E-state index contributed by atoms with van der Waals surface area (Å²) in [5, 5.41) is 1.10. The fraction of sp³-hybridized carbons (Fsp3) is 0.0833. The third-order valence-electron chi connectivity index (χ3n) is 11.0. The highest BCUT2D eigenvalue weighted by Gasteiger charge is 2.35. The molecule has 0 saturated carbocycles. The van der Waals surface area contributed by atoms with Crippen LogP contribution in [-0.2, 0) is 24.7 Å². The fourth-order valence-corrected chi connectivity index (χ4v) is 7.93. The number of hydrogen-bond acceptors (Lipinski definition) is 2. The largest absolute Gasteiger partial charge is 0.416 e. The second-order valence-corrected chi connectivity index (χ2v) is 14.9. The van der Waals surface area contributed by atoms with Crippen LogP contribution in [0.15, 0.2) is 146 Å². The molecule has 0 N–H and O–H groups in total. The van der Waals surface area contributed by atoms with E-state index >= 15 is 0 Å². The first-order chi connectivity index (χ1) is 30.1. The summed E-state index contributed by atoms with van der Waals surface area (Å²) in [5.41, 5.74) is -3.25. The van der Waals surface area contributed by atoms with Gasteiger partial charge in [0.05, 0.1) is 44.3 Å². The van der Waals surface area contributed by atoms with Crippen LogP contribution in [0.4, 0.5) is 52.7 Å². The zero-order valence-corrected chi connectivity index (χ0v) is 32.1. The highest BCUT2D eigenvalue weighted by Crippen LogP contribution is 2.42. The van der Waals surface area contributed by atoms with E-state index in [4.69, 9.17) is 0 Å². The lowest BCUT2D eigenvalue weighted by Crippen LogP contribution is -2.07. The van der Waals surface area contributed by atoms with E-state index in [1.807, 2.05) is 0 Å². The molecule has 0 saturated heterocycles. The van der Waals surface area contributed by atoms with Crippen molar-refractivity contribution in [3.8, 4) is 11.4 Å². The van der Waals surface area contributed by atoms with Crippen LogP contribution >= 0.6 is 0 Å². The molecule has 0 radical (unpaired) electrons. The summed E-state index contributed by atoms with van der Waals surface area (Å²) in [4.78, 5) is 27.1. The van der Waals surface area contributed by atoms with Gasteiger partial charge in [0.1, 0.15) is 0 Å². The molecule has 0 spiro atoms. The third kappa shape index (κ3) is 7.31. The second-order valence-electron chi connectivity index (χ2n) is 14.9. The molecule has 0 aliphatic carbocycles. The van der Waals surface area contributed by atoms with Crippen molar-refractivity contribution < 1.29 is 62.3 Å². The Morgan fingerprint density at radius 3 is 0.703 bits per heavy atom. The normalized spacial score (nSPS) is 12.8. The molecule has 9 rings (SSSR count). The molecule has 2 aromatic heterocycles.